The molecule has 0 spiro atoms. The van der Waals surface area contributed by atoms with Crippen LogP contribution in [0.5, 0.6) is 0 Å². The molecule has 0 unspecified atom stereocenters. The van der Waals surface area contributed by atoms with Crippen LogP contribution in [-0.2, 0) is 0 Å². The monoisotopic (exact) mass is 422 g/mol. The van der Waals surface area contributed by atoms with Crippen LogP contribution in [0.3, 0.4) is 0 Å². The highest BCUT2D eigenvalue weighted by molar-refractivity contribution is 7.22. The molecule has 4 nitrogen and oxygen atoms in total. The molecular formula is C18H9Cl3N2O2S. The number of carbonyl (C=O) groups is 1. The lowest BCUT2D eigenvalue weighted by atomic mass is 10.2. The molecule has 1 N–H and O–H groups in total. The van der Waals surface area contributed by atoms with E-state index in [1.54, 1.807) is 36.4 Å². The molecule has 26 heavy (non-hydrogen) atoms. The van der Waals surface area contributed by atoms with Crippen molar-refractivity contribution in [2.75, 3.05) is 5.32 Å². The van der Waals surface area contributed by atoms with Gasteiger partial charge in [0.2, 0.25) is 0 Å². The minimum Gasteiger partial charge on any atom is -0.451 e. The van der Waals surface area contributed by atoms with Gasteiger partial charge in [0.1, 0.15) is 11.3 Å². The number of benzene rings is 2. The minimum atomic E-state index is -0.412. The number of furan rings is 1. The van der Waals surface area contributed by atoms with Crippen molar-refractivity contribution in [3.8, 4) is 11.3 Å². The van der Waals surface area contributed by atoms with Crippen molar-refractivity contribution in [3.63, 3.8) is 0 Å². The van der Waals surface area contributed by atoms with E-state index in [1.165, 1.54) is 11.3 Å². The van der Waals surface area contributed by atoms with Gasteiger partial charge in [-0.25, -0.2) is 4.98 Å². The Labute approximate surface area is 167 Å². The van der Waals surface area contributed by atoms with Crippen molar-refractivity contribution in [3.05, 3.63) is 69.4 Å². The maximum atomic E-state index is 12.4. The number of hydrogen-bond donors (Lipinski definition) is 1. The van der Waals surface area contributed by atoms with Gasteiger partial charge in [0, 0.05) is 10.6 Å². The fraction of sp³-hybridized carbons (Fsp3) is 0. The standard InChI is InChI=1S/C18H9Cl3N2O2S/c19-9-4-5-11(20)10(8-9)13-6-7-14(25-13)17(24)23-18-22-16-12(21)2-1-3-15(16)26-18/h1-8H,(H,22,23,24). The molecule has 0 aliphatic heterocycles. The maximum absolute atomic E-state index is 12.4. The van der Waals surface area contributed by atoms with Crippen LogP contribution in [0.25, 0.3) is 21.5 Å². The van der Waals surface area contributed by atoms with Crippen LogP contribution in [0, 0.1) is 0 Å². The van der Waals surface area contributed by atoms with E-state index in [2.05, 4.69) is 10.3 Å². The molecule has 8 heteroatoms. The highest BCUT2D eigenvalue weighted by Gasteiger charge is 2.16. The summed E-state index contributed by atoms with van der Waals surface area (Å²) in [5, 5.41) is 4.71. The van der Waals surface area contributed by atoms with Crippen molar-refractivity contribution >= 4 is 67.4 Å². The molecule has 2 aromatic heterocycles. The Morgan fingerprint density at radius 3 is 2.69 bits per heavy atom. The Morgan fingerprint density at radius 2 is 1.88 bits per heavy atom. The van der Waals surface area contributed by atoms with E-state index >= 15 is 0 Å². The third kappa shape index (κ3) is 3.31. The zero-order valence-corrected chi connectivity index (χ0v) is 16.0. The third-order valence-electron chi connectivity index (χ3n) is 3.61. The van der Waals surface area contributed by atoms with E-state index in [0.29, 0.717) is 37.0 Å². The van der Waals surface area contributed by atoms with Gasteiger partial charge in [-0.1, -0.05) is 52.2 Å². The number of aromatic nitrogens is 1. The first-order valence-electron chi connectivity index (χ1n) is 7.43. The zero-order chi connectivity index (χ0) is 18.3. The average Bonchev–Trinajstić information content (AvgIpc) is 3.24. The Balaban J connectivity index is 1.60. The van der Waals surface area contributed by atoms with E-state index in [0.717, 1.165) is 4.70 Å². The minimum absolute atomic E-state index is 0.140. The maximum Gasteiger partial charge on any atom is 0.293 e. The number of fused-ring (bicyclic) bond motifs is 1. The molecule has 0 atom stereocenters. The van der Waals surface area contributed by atoms with E-state index in [-0.39, 0.29) is 5.76 Å². The second kappa shape index (κ2) is 6.93. The van der Waals surface area contributed by atoms with E-state index < -0.39 is 5.91 Å². The smallest absolute Gasteiger partial charge is 0.293 e. The average molecular weight is 424 g/mol. The fourth-order valence-electron chi connectivity index (χ4n) is 2.42. The van der Waals surface area contributed by atoms with Gasteiger partial charge in [-0.2, -0.15) is 0 Å². The van der Waals surface area contributed by atoms with Gasteiger partial charge in [0.15, 0.2) is 10.9 Å². The SMILES string of the molecule is O=C(Nc1nc2c(Cl)cccc2s1)c1ccc(-c2cc(Cl)ccc2Cl)o1. The van der Waals surface area contributed by atoms with Crippen LogP contribution in [0.2, 0.25) is 15.1 Å². The number of halogens is 3. The number of carbonyl (C=O) groups excluding carboxylic acids is 1. The molecule has 4 aromatic rings. The molecule has 2 heterocycles. The summed E-state index contributed by atoms with van der Waals surface area (Å²) in [5.41, 5.74) is 1.27. The van der Waals surface area contributed by atoms with Gasteiger partial charge < -0.3 is 4.42 Å². The molecule has 0 saturated carbocycles. The van der Waals surface area contributed by atoms with Crippen molar-refractivity contribution in [2.24, 2.45) is 0 Å². The number of nitrogens with zero attached hydrogens (tertiary/aromatic N) is 1. The molecular weight excluding hydrogens is 415 g/mol. The van der Waals surface area contributed by atoms with Crippen LogP contribution in [-0.4, -0.2) is 10.9 Å². The summed E-state index contributed by atoms with van der Waals surface area (Å²) in [5.74, 6) is 0.181. The Morgan fingerprint density at radius 1 is 1.04 bits per heavy atom. The lowest BCUT2D eigenvalue weighted by Crippen LogP contribution is -2.10. The van der Waals surface area contributed by atoms with Gasteiger partial charge in [-0.15, -0.1) is 0 Å². The molecule has 4 rings (SSSR count). The van der Waals surface area contributed by atoms with Crippen LogP contribution in [0.4, 0.5) is 5.13 Å². The third-order valence-corrected chi connectivity index (χ3v) is 5.42. The number of nitrogens with one attached hydrogen (secondary N) is 1. The Kier molecular flexibility index (Phi) is 4.63. The van der Waals surface area contributed by atoms with Gasteiger partial charge >= 0.3 is 0 Å². The highest BCUT2D eigenvalue weighted by Crippen LogP contribution is 2.33. The Bertz CT molecular complexity index is 1140. The number of amides is 1. The predicted molar refractivity (Wildman–Crippen MR) is 107 cm³/mol. The lowest BCUT2D eigenvalue weighted by Gasteiger charge is -2.02. The largest absolute Gasteiger partial charge is 0.451 e. The van der Waals surface area contributed by atoms with Crippen molar-refractivity contribution in [2.45, 2.75) is 0 Å². The quantitative estimate of drug-likeness (QED) is 0.395. The predicted octanol–water partition coefficient (Wildman–Crippen LogP) is 6.77. The first-order chi connectivity index (χ1) is 12.5. The van der Waals surface area contributed by atoms with Crippen molar-refractivity contribution in [1.29, 1.82) is 0 Å². The summed E-state index contributed by atoms with van der Waals surface area (Å²) in [6, 6.07) is 13.8. The van der Waals surface area contributed by atoms with Gasteiger partial charge in [0.05, 0.1) is 14.7 Å². The number of thiazole rings is 1. The lowest BCUT2D eigenvalue weighted by molar-refractivity contribution is 0.0997. The normalized spacial score (nSPS) is 11.0. The van der Waals surface area contributed by atoms with Crippen molar-refractivity contribution < 1.29 is 9.21 Å². The topological polar surface area (TPSA) is 55.1 Å². The van der Waals surface area contributed by atoms with E-state index in [9.17, 15) is 4.79 Å². The molecule has 0 aliphatic rings. The molecule has 0 saturated heterocycles. The Hall–Kier alpha value is -2.05. The number of para-hydroxylation sites is 1. The van der Waals surface area contributed by atoms with Gasteiger partial charge in [-0.05, 0) is 42.5 Å². The second-order valence-corrected chi connectivity index (χ2v) is 7.63. The molecule has 0 bridgehead atoms. The molecule has 1 amide bonds. The summed E-state index contributed by atoms with van der Waals surface area (Å²) in [6.45, 7) is 0. The van der Waals surface area contributed by atoms with Crippen LogP contribution < -0.4 is 5.32 Å². The number of hydrogen-bond acceptors (Lipinski definition) is 4. The van der Waals surface area contributed by atoms with Crippen LogP contribution >= 0.6 is 46.1 Å². The summed E-state index contributed by atoms with van der Waals surface area (Å²) < 4.78 is 6.52. The first kappa shape index (κ1) is 17.4. The summed E-state index contributed by atoms with van der Waals surface area (Å²) >= 11 is 19.6. The van der Waals surface area contributed by atoms with Crippen LogP contribution in [0.1, 0.15) is 10.6 Å². The summed E-state index contributed by atoms with van der Waals surface area (Å²) in [4.78, 5) is 16.8. The van der Waals surface area contributed by atoms with E-state index in [4.69, 9.17) is 39.2 Å². The zero-order valence-electron chi connectivity index (χ0n) is 12.9. The molecule has 2 aromatic carbocycles. The summed E-state index contributed by atoms with van der Waals surface area (Å²) in [7, 11) is 0. The fourth-order valence-corrected chi connectivity index (χ4v) is 3.96. The van der Waals surface area contributed by atoms with Crippen LogP contribution in [0.15, 0.2) is 52.9 Å². The van der Waals surface area contributed by atoms with Crippen molar-refractivity contribution in [1.82, 2.24) is 4.98 Å². The van der Waals surface area contributed by atoms with Gasteiger partial charge in [-0.3, -0.25) is 10.1 Å². The second-order valence-electron chi connectivity index (χ2n) is 5.35. The molecule has 0 aliphatic carbocycles. The highest BCUT2D eigenvalue weighted by atomic mass is 35.5. The number of rotatable bonds is 3. The first-order valence-corrected chi connectivity index (χ1v) is 9.38. The van der Waals surface area contributed by atoms with Gasteiger partial charge in [0.25, 0.3) is 5.91 Å². The molecule has 0 radical (unpaired) electrons. The number of anilines is 1. The van der Waals surface area contributed by atoms with E-state index in [1.807, 2.05) is 12.1 Å². The molecule has 130 valence electrons. The molecule has 0 fully saturated rings. The summed E-state index contributed by atoms with van der Waals surface area (Å²) in [6.07, 6.45) is 0.